The number of ether oxygens (including phenoxy) is 1. The van der Waals surface area contributed by atoms with Crippen molar-refractivity contribution in [3.05, 3.63) is 35.4 Å². The first-order valence-electron chi connectivity index (χ1n) is 8.48. The molecule has 1 aliphatic carbocycles. The smallest absolute Gasteiger partial charge is 0.0622 e. The Morgan fingerprint density at radius 3 is 2.81 bits per heavy atom. The van der Waals surface area contributed by atoms with Crippen LogP contribution in [-0.2, 0) is 17.7 Å². The highest BCUT2D eigenvalue weighted by atomic mass is 16.5. The molecule has 21 heavy (non-hydrogen) atoms. The van der Waals surface area contributed by atoms with Gasteiger partial charge in [-0.2, -0.15) is 0 Å². The molecule has 3 nitrogen and oxygen atoms in total. The van der Waals surface area contributed by atoms with Crippen LogP contribution < -0.4 is 5.32 Å². The van der Waals surface area contributed by atoms with Gasteiger partial charge in [0.05, 0.1) is 13.2 Å². The van der Waals surface area contributed by atoms with E-state index in [0.29, 0.717) is 6.04 Å². The van der Waals surface area contributed by atoms with Gasteiger partial charge < -0.3 is 10.1 Å². The lowest BCUT2D eigenvalue weighted by atomic mass is 10.0. The minimum absolute atomic E-state index is 0.580. The van der Waals surface area contributed by atoms with Crippen LogP contribution in [0.2, 0.25) is 0 Å². The molecule has 0 aromatic heterocycles. The van der Waals surface area contributed by atoms with E-state index in [9.17, 15) is 0 Å². The molecular weight excluding hydrogens is 260 g/mol. The fourth-order valence-electron chi connectivity index (χ4n) is 3.15. The second-order valence-electron chi connectivity index (χ2n) is 6.35. The van der Waals surface area contributed by atoms with Crippen LogP contribution in [0.25, 0.3) is 0 Å². The van der Waals surface area contributed by atoms with Crippen LogP contribution in [0.1, 0.15) is 37.3 Å². The summed E-state index contributed by atoms with van der Waals surface area (Å²) >= 11 is 0. The molecule has 116 valence electrons. The third kappa shape index (κ3) is 4.29. The van der Waals surface area contributed by atoms with E-state index in [-0.39, 0.29) is 0 Å². The first kappa shape index (κ1) is 15.0. The van der Waals surface area contributed by atoms with Crippen molar-refractivity contribution in [2.24, 2.45) is 0 Å². The van der Waals surface area contributed by atoms with Gasteiger partial charge in [-0.3, -0.25) is 4.90 Å². The minimum Gasteiger partial charge on any atom is -0.378 e. The predicted molar refractivity (Wildman–Crippen MR) is 86.5 cm³/mol. The van der Waals surface area contributed by atoms with E-state index in [1.165, 1.54) is 30.4 Å². The number of nitrogens with one attached hydrogen (secondary N) is 1. The lowest BCUT2D eigenvalue weighted by Crippen LogP contribution is -2.44. The van der Waals surface area contributed by atoms with Crippen LogP contribution in [0.5, 0.6) is 0 Å². The van der Waals surface area contributed by atoms with Crippen molar-refractivity contribution in [2.75, 3.05) is 26.3 Å². The average molecular weight is 288 g/mol. The molecular formula is C18H28N2O. The molecule has 0 amide bonds. The second kappa shape index (κ2) is 7.39. The van der Waals surface area contributed by atoms with E-state index in [0.717, 1.165) is 45.3 Å². The molecule has 0 radical (unpaired) electrons. The highest BCUT2D eigenvalue weighted by Crippen LogP contribution is 2.20. The van der Waals surface area contributed by atoms with Crippen LogP contribution >= 0.6 is 0 Å². The molecule has 3 heteroatoms. The summed E-state index contributed by atoms with van der Waals surface area (Å²) in [7, 11) is 0. The lowest BCUT2D eigenvalue weighted by Gasteiger charge is -2.35. The molecule has 1 aromatic carbocycles. The van der Waals surface area contributed by atoms with Gasteiger partial charge in [0, 0.05) is 25.2 Å². The van der Waals surface area contributed by atoms with Crippen molar-refractivity contribution in [3.8, 4) is 0 Å². The Bertz CT molecular complexity index is 445. The molecule has 3 rings (SSSR count). The topological polar surface area (TPSA) is 24.5 Å². The third-order valence-corrected chi connectivity index (χ3v) is 4.72. The van der Waals surface area contributed by atoms with E-state index in [4.69, 9.17) is 4.74 Å². The molecule has 1 atom stereocenters. The largest absolute Gasteiger partial charge is 0.378 e. The van der Waals surface area contributed by atoms with Crippen LogP contribution in [0, 0.1) is 0 Å². The molecule has 2 fully saturated rings. The lowest BCUT2D eigenvalue weighted by molar-refractivity contribution is -0.0128. The summed E-state index contributed by atoms with van der Waals surface area (Å²) in [6.45, 7) is 7.28. The van der Waals surface area contributed by atoms with E-state index >= 15 is 0 Å². The van der Waals surface area contributed by atoms with Crippen molar-refractivity contribution < 1.29 is 4.74 Å². The predicted octanol–water partition coefficient (Wildman–Crippen LogP) is 2.59. The Morgan fingerprint density at radius 1 is 1.24 bits per heavy atom. The molecule has 1 unspecified atom stereocenters. The number of hydrogen-bond donors (Lipinski definition) is 1. The maximum Gasteiger partial charge on any atom is 0.0622 e. The van der Waals surface area contributed by atoms with E-state index < -0.39 is 0 Å². The Labute approximate surface area is 128 Å². The van der Waals surface area contributed by atoms with Crippen LogP contribution in [0.15, 0.2) is 24.3 Å². The summed E-state index contributed by atoms with van der Waals surface area (Å²) in [6, 6.07) is 10.3. The number of rotatable bonds is 7. The molecule has 1 saturated carbocycles. The first-order chi connectivity index (χ1) is 10.4. The summed E-state index contributed by atoms with van der Waals surface area (Å²) in [5, 5.41) is 3.62. The van der Waals surface area contributed by atoms with Crippen molar-refractivity contribution in [1.29, 1.82) is 0 Å². The molecule has 0 spiro atoms. The molecule has 1 saturated heterocycles. The van der Waals surface area contributed by atoms with Gasteiger partial charge in [0.15, 0.2) is 0 Å². The van der Waals surface area contributed by atoms with Gasteiger partial charge in [-0.05, 0) is 43.4 Å². The Morgan fingerprint density at radius 2 is 2.05 bits per heavy atom. The second-order valence-corrected chi connectivity index (χ2v) is 6.35. The number of hydrogen-bond acceptors (Lipinski definition) is 3. The monoisotopic (exact) mass is 288 g/mol. The zero-order chi connectivity index (χ0) is 14.5. The van der Waals surface area contributed by atoms with Gasteiger partial charge in [-0.1, -0.05) is 31.2 Å². The normalized spacial score (nSPS) is 23.4. The summed E-state index contributed by atoms with van der Waals surface area (Å²) in [5.41, 5.74) is 3.00. The molecule has 1 aliphatic heterocycles. The van der Waals surface area contributed by atoms with Crippen molar-refractivity contribution in [2.45, 2.75) is 51.2 Å². The van der Waals surface area contributed by atoms with Crippen LogP contribution in [0.3, 0.4) is 0 Å². The highest BCUT2D eigenvalue weighted by Gasteiger charge is 2.22. The maximum absolute atomic E-state index is 5.62. The van der Waals surface area contributed by atoms with E-state index in [1.807, 2.05) is 0 Å². The summed E-state index contributed by atoms with van der Waals surface area (Å²) < 4.78 is 5.62. The highest BCUT2D eigenvalue weighted by molar-refractivity contribution is 5.27. The quantitative estimate of drug-likeness (QED) is 0.834. The summed E-state index contributed by atoms with van der Waals surface area (Å²) in [6.07, 6.45) is 5.06. The van der Waals surface area contributed by atoms with Gasteiger partial charge in [-0.25, -0.2) is 0 Å². The zero-order valence-corrected chi connectivity index (χ0v) is 13.2. The average Bonchev–Trinajstić information content (AvgIpc) is 3.34. The number of benzene rings is 1. The fraction of sp³-hybridized carbons (Fsp3) is 0.667. The summed E-state index contributed by atoms with van der Waals surface area (Å²) in [5.74, 6) is 0. The third-order valence-electron chi connectivity index (χ3n) is 4.72. The zero-order valence-electron chi connectivity index (χ0n) is 13.2. The molecule has 2 aliphatic rings. The number of nitrogens with zero attached hydrogens (tertiary/aromatic N) is 1. The first-order valence-corrected chi connectivity index (χ1v) is 8.48. The van der Waals surface area contributed by atoms with E-state index in [2.05, 4.69) is 41.4 Å². The minimum atomic E-state index is 0.580. The van der Waals surface area contributed by atoms with Gasteiger partial charge in [-0.15, -0.1) is 0 Å². The van der Waals surface area contributed by atoms with Gasteiger partial charge in [0.2, 0.25) is 0 Å². The molecule has 1 N–H and O–H groups in total. The number of morpholine rings is 1. The van der Waals surface area contributed by atoms with Gasteiger partial charge in [0.25, 0.3) is 0 Å². The van der Waals surface area contributed by atoms with Crippen molar-refractivity contribution in [3.63, 3.8) is 0 Å². The Hall–Kier alpha value is -0.900. The van der Waals surface area contributed by atoms with Crippen LogP contribution in [-0.4, -0.2) is 43.3 Å². The van der Waals surface area contributed by atoms with Crippen molar-refractivity contribution >= 4 is 0 Å². The van der Waals surface area contributed by atoms with Gasteiger partial charge in [0.1, 0.15) is 0 Å². The summed E-state index contributed by atoms with van der Waals surface area (Å²) in [4.78, 5) is 2.59. The van der Waals surface area contributed by atoms with E-state index in [1.54, 1.807) is 0 Å². The molecule has 0 bridgehead atoms. The SMILES string of the molecule is CCC1COCCN1Cc1ccccc1CCNC1CC1. The maximum atomic E-state index is 5.62. The molecule has 1 heterocycles. The molecule has 1 aromatic rings. The fourth-order valence-corrected chi connectivity index (χ4v) is 3.15. The Kier molecular flexibility index (Phi) is 5.28. The van der Waals surface area contributed by atoms with Gasteiger partial charge >= 0.3 is 0 Å². The Balaban J connectivity index is 1.60. The van der Waals surface area contributed by atoms with Crippen LogP contribution in [0.4, 0.5) is 0 Å². The van der Waals surface area contributed by atoms with Crippen molar-refractivity contribution in [1.82, 2.24) is 10.2 Å². The standard InChI is InChI=1S/C18H28N2O/c1-2-18-14-21-12-11-20(18)13-16-6-4-3-5-15(16)9-10-19-17-7-8-17/h3-6,17-19H,2,7-14H2,1H3.